The Morgan fingerprint density at radius 1 is 1.44 bits per heavy atom. The molecule has 1 unspecified atom stereocenters. The van der Waals surface area contributed by atoms with E-state index in [1.807, 2.05) is 32.0 Å². The summed E-state index contributed by atoms with van der Waals surface area (Å²) in [5, 5.41) is 11.8. The Labute approximate surface area is 110 Å². The molecule has 1 heterocycles. The van der Waals surface area contributed by atoms with Crippen molar-refractivity contribution in [2.24, 2.45) is 0 Å². The van der Waals surface area contributed by atoms with Gasteiger partial charge in [-0.2, -0.15) is 5.26 Å². The average molecular weight is 256 g/mol. The minimum atomic E-state index is -0.772. The van der Waals surface area contributed by atoms with Crippen molar-refractivity contribution in [3.8, 4) is 6.07 Å². The van der Waals surface area contributed by atoms with Gasteiger partial charge in [-0.15, -0.1) is 11.3 Å². The van der Waals surface area contributed by atoms with Crippen LogP contribution in [0.1, 0.15) is 32.5 Å². The first-order valence-electron chi connectivity index (χ1n) is 5.54. The fraction of sp³-hybridized carbons (Fsp3) is 0.214. The molecular formula is C14H12N2OS. The minimum absolute atomic E-state index is 0.229. The maximum Gasteiger partial charge on any atom is 0.203 e. The Balaban J connectivity index is 2.35. The van der Waals surface area contributed by atoms with E-state index in [1.54, 1.807) is 11.4 Å². The van der Waals surface area contributed by atoms with Crippen molar-refractivity contribution in [2.45, 2.75) is 19.8 Å². The zero-order chi connectivity index (χ0) is 13.1. The van der Waals surface area contributed by atoms with Gasteiger partial charge in [0.15, 0.2) is 0 Å². The summed E-state index contributed by atoms with van der Waals surface area (Å²) < 4.78 is 0. The first kappa shape index (κ1) is 12.5. The Morgan fingerprint density at radius 3 is 2.78 bits per heavy atom. The van der Waals surface area contributed by atoms with Gasteiger partial charge >= 0.3 is 0 Å². The molecule has 0 fully saturated rings. The van der Waals surface area contributed by atoms with Crippen LogP contribution in [0.2, 0.25) is 0 Å². The lowest BCUT2D eigenvalue weighted by Gasteiger charge is -2.07. The molecule has 18 heavy (non-hydrogen) atoms. The summed E-state index contributed by atoms with van der Waals surface area (Å²) in [6, 6.07) is 9.53. The second kappa shape index (κ2) is 5.11. The predicted molar refractivity (Wildman–Crippen MR) is 70.7 cm³/mol. The Hall–Kier alpha value is -1.99. The third kappa shape index (κ3) is 2.47. The van der Waals surface area contributed by atoms with Gasteiger partial charge < -0.3 is 0 Å². The molecule has 0 amide bonds. The summed E-state index contributed by atoms with van der Waals surface area (Å²) in [5.41, 5.74) is 2.15. The number of Topliss-reactive ketones (excluding diaryl/α,β-unsaturated/α-hetero) is 1. The lowest BCUT2D eigenvalue weighted by atomic mass is 9.93. The number of aromatic nitrogens is 1. The maximum atomic E-state index is 12.2. The monoisotopic (exact) mass is 256 g/mol. The Kier molecular flexibility index (Phi) is 3.54. The van der Waals surface area contributed by atoms with E-state index in [0.717, 1.165) is 16.1 Å². The molecule has 2 aromatic rings. The van der Waals surface area contributed by atoms with Gasteiger partial charge in [0.25, 0.3) is 0 Å². The van der Waals surface area contributed by atoms with Crippen molar-refractivity contribution >= 4 is 17.1 Å². The van der Waals surface area contributed by atoms with Crippen LogP contribution >= 0.6 is 11.3 Å². The molecule has 0 bridgehead atoms. The summed E-state index contributed by atoms with van der Waals surface area (Å²) in [5.74, 6) is -1.00. The summed E-state index contributed by atoms with van der Waals surface area (Å²) in [4.78, 5) is 16.4. The van der Waals surface area contributed by atoms with Crippen LogP contribution < -0.4 is 0 Å². The van der Waals surface area contributed by atoms with Crippen LogP contribution in [0.3, 0.4) is 0 Å². The van der Waals surface area contributed by atoms with Gasteiger partial charge in [-0.3, -0.25) is 4.79 Å². The molecule has 0 spiro atoms. The van der Waals surface area contributed by atoms with Crippen molar-refractivity contribution in [3.05, 3.63) is 51.5 Å². The zero-order valence-electron chi connectivity index (χ0n) is 10.2. The fourth-order valence-corrected chi connectivity index (χ4v) is 2.36. The number of aryl methyl sites for hydroxylation is 2. The molecule has 1 atom stereocenters. The highest BCUT2D eigenvalue weighted by Crippen LogP contribution is 2.22. The van der Waals surface area contributed by atoms with E-state index in [9.17, 15) is 10.1 Å². The molecule has 0 saturated heterocycles. The number of hydrogen-bond donors (Lipinski definition) is 0. The van der Waals surface area contributed by atoms with E-state index in [4.69, 9.17) is 0 Å². The largest absolute Gasteiger partial charge is 0.291 e. The van der Waals surface area contributed by atoms with E-state index in [1.165, 1.54) is 11.3 Å². The molecule has 4 heteroatoms. The Bertz CT molecular complexity index is 625. The molecule has 0 aliphatic rings. The van der Waals surface area contributed by atoms with Crippen LogP contribution in [0, 0.1) is 25.2 Å². The molecule has 3 nitrogen and oxygen atoms in total. The predicted octanol–water partition coefficient (Wildman–Crippen LogP) is 3.25. The van der Waals surface area contributed by atoms with Gasteiger partial charge in [-0.05, 0) is 19.4 Å². The third-order valence-electron chi connectivity index (χ3n) is 2.64. The standard InChI is InChI=1S/C14H12N2OS/c1-9-4-3-5-11(6-9)12(7-15)14(17)13-8-18-10(2)16-13/h3-6,8,12H,1-2H3. The SMILES string of the molecule is Cc1cccc(C(C#N)C(=O)c2csc(C)n2)c1. The molecule has 0 N–H and O–H groups in total. The van der Waals surface area contributed by atoms with Crippen molar-refractivity contribution < 1.29 is 4.79 Å². The van der Waals surface area contributed by atoms with Crippen molar-refractivity contribution in [1.82, 2.24) is 4.98 Å². The number of carbonyl (C=O) groups is 1. The molecule has 0 radical (unpaired) electrons. The molecule has 0 aliphatic carbocycles. The highest BCUT2D eigenvalue weighted by Gasteiger charge is 2.23. The van der Waals surface area contributed by atoms with Crippen molar-refractivity contribution in [1.29, 1.82) is 5.26 Å². The number of thiazole rings is 1. The number of ketones is 1. The van der Waals surface area contributed by atoms with Crippen LogP contribution in [0.5, 0.6) is 0 Å². The summed E-state index contributed by atoms with van der Waals surface area (Å²) >= 11 is 1.42. The Morgan fingerprint density at radius 2 is 2.22 bits per heavy atom. The summed E-state index contributed by atoms with van der Waals surface area (Å²) in [6.07, 6.45) is 0. The molecule has 0 saturated carbocycles. The van der Waals surface area contributed by atoms with Crippen LogP contribution in [0.25, 0.3) is 0 Å². The quantitative estimate of drug-likeness (QED) is 0.792. The number of nitrogens with zero attached hydrogens (tertiary/aromatic N) is 2. The molecular weight excluding hydrogens is 244 g/mol. The second-order valence-electron chi connectivity index (χ2n) is 4.09. The molecule has 0 aliphatic heterocycles. The summed E-state index contributed by atoms with van der Waals surface area (Å²) in [6.45, 7) is 3.78. The van der Waals surface area contributed by atoms with Crippen LogP contribution in [-0.2, 0) is 0 Å². The topological polar surface area (TPSA) is 53.8 Å². The van der Waals surface area contributed by atoms with Gasteiger partial charge in [0.05, 0.1) is 11.1 Å². The number of nitriles is 1. The molecule has 1 aromatic carbocycles. The number of carbonyl (C=O) groups excluding carboxylic acids is 1. The highest BCUT2D eigenvalue weighted by molar-refractivity contribution is 7.09. The van der Waals surface area contributed by atoms with Crippen LogP contribution in [0.4, 0.5) is 0 Å². The summed E-state index contributed by atoms with van der Waals surface area (Å²) in [7, 11) is 0. The smallest absolute Gasteiger partial charge is 0.203 e. The minimum Gasteiger partial charge on any atom is -0.291 e. The molecule has 1 aromatic heterocycles. The highest BCUT2D eigenvalue weighted by atomic mass is 32.1. The van der Waals surface area contributed by atoms with Gasteiger partial charge in [-0.1, -0.05) is 29.8 Å². The van der Waals surface area contributed by atoms with Crippen LogP contribution in [0.15, 0.2) is 29.6 Å². The maximum absolute atomic E-state index is 12.2. The molecule has 2 rings (SSSR count). The van der Waals surface area contributed by atoms with Gasteiger partial charge in [0.1, 0.15) is 11.6 Å². The van der Waals surface area contributed by atoms with Crippen molar-refractivity contribution in [3.63, 3.8) is 0 Å². The second-order valence-corrected chi connectivity index (χ2v) is 5.15. The van der Waals surface area contributed by atoms with Gasteiger partial charge in [0, 0.05) is 5.38 Å². The van der Waals surface area contributed by atoms with E-state index in [0.29, 0.717) is 5.69 Å². The number of rotatable bonds is 3. The molecule has 90 valence electrons. The van der Waals surface area contributed by atoms with Gasteiger partial charge in [0.2, 0.25) is 5.78 Å². The number of hydrogen-bond acceptors (Lipinski definition) is 4. The first-order valence-corrected chi connectivity index (χ1v) is 6.42. The normalized spacial score (nSPS) is 11.8. The third-order valence-corrected chi connectivity index (χ3v) is 3.41. The van der Waals surface area contributed by atoms with E-state index in [2.05, 4.69) is 11.1 Å². The first-order chi connectivity index (χ1) is 8.61. The van der Waals surface area contributed by atoms with E-state index < -0.39 is 5.92 Å². The fourth-order valence-electron chi connectivity index (χ4n) is 1.76. The van der Waals surface area contributed by atoms with E-state index >= 15 is 0 Å². The lowest BCUT2D eigenvalue weighted by Crippen LogP contribution is -2.11. The van der Waals surface area contributed by atoms with Gasteiger partial charge in [-0.25, -0.2) is 4.98 Å². The van der Waals surface area contributed by atoms with Crippen LogP contribution in [-0.4, -0.2) is 10.8 Å². The number of benzene rings is 1. The van der Waals surface area contributed by atoms with Crippen molar-refractivity contribution in [2.75, 3.05) is 0 Å². The lowest BCUT2D eigenvalue weighted by molar-refractivity contribution is 0.0974. The zero-order valence-corrected chi connectivity index (χ0v) is 11.0. The van der Waals surface area contributed by atoms with E-state index in [-0.39, 0.29) is 5.78 Å². The average Bonchev–Trinajstić information content (AvgIpc) is 2.77.